The predicted octanol–water partition coefficient (Wildman–Crippen LogP) is 6.07. The highest BCUT2D eigenvalue weighted by atomic mass is 79.9. The number of aromatic nitrogens is 2. The summed E-state index contributed by atoms with van der Waals surface area (Å²) in [5.74, 6) is 0.265. The number of carbonyl (C=O) groups is 2. The van der Waals surface area contributed by atoms with Crippen LogP contribution in [0.25, 0.3) is 11.0 Å². The third-order valence-corrected chi connectivity index (χ3v) is 7.68. The lowest BCUT2D eigenvalue weighted by atomic mass is 9.93. The molecule has 3 heterocycles. The standard InChI is InChI=1S/C31H41BrN4O4/c1-31(2,3)40-30(38)34-26(18-22-10-12-25(32)13-11-22)20-28(37)35-15-6-9-24(21-35)27-19-23-8-5-14-33-29(23)36(27)16-7-17-39-4/h5,8,10-14,19,24,26H,6-7,9,15-18,20-21H2,1-4H3,(H,34,38)/t24?,26-/m1/s1. The molecular weight excluding hydrogens is 572 g/mol. The van der Waals surface area contributed by atoms with E-state index in [0.29, 0.717) is 19.6 Å². The van der Waals surface area contributed by atoms with E-state index in [-0.39, 0.29) is 24.3 Å². The summed E-state index contributed by atoms with van der Waals surface area (Å²) in [7, 11) is 1.72. The molecule has 8 nitrogen and oxygen atoms in total. The first-order valence-electron chi connectivity index (χ1n) is 14.1. The largest absolute Gasteiger partial charge is 0.444 e. The monoisotopic (exact) mass is 612 g/mol. The number of hydrogen-bond acceptors (Lipinski definition) is 5. The number of fused-ring (bicyclic) bond motifs is 1. The minimum atomic E-state index is -0.618. The molecule has 4 rings (SSSR count). The average Bonchev–Trinajstić information content (AvgIpc) is 3.28. The Hall–Kier alpha value is -2.91. The Morgan fingerprint density at radius 3 is 2.70 bits per heavy atom. The molecule has 0 saturated carbocycles. The fourth-order valence-corrected chi connectivity index (χ4v) is 5.65. The molecule has 1 aliphatic heterocycles. The van der Waals surface area contributed by atoms with E-state index >= 15 is 0 Å². The maximum absolute atomic E-state index is 13.7. The van der Waals surface area contributed by atoms with E-state index in [0.717, 1.165) is 53.4 Å². The van der Waals surface area contributed by atoms with Gasteiger partial charge in [-0.25, -0.2) is 9.78 Å². The number of benzene rings is 1. The number of nitrogens with one attached hydrogen (secondary N) is 1. The highest BCUT2D eigenvalue weighted by Crippen LogP contribution is 2.32. The Balaban J connectivity index is 1.49. The van der Waals surface area contributed by atoms with Gasteiger partial charge in [0, 0.05) is 73.5 Å². The maximum Gasteiger partial charge on any atom is 0.407 e. The molecule has 0 radical (unpaired) electrons. The topological polar surface area (TPSA) is 85.7 Å². The van der Waals surface area contributed by atoms with Gasteiger partial charge in [0.05, 0.1) is 0 Å². The molecule has 2 atom stereocenters. The van der Waals surface area contributed by atoms with Crippen molar-refractivity contribution >= 4 is 39.0 Å². The zero-order valence-corrected chi connectivity index (χ0v) is 25.6. The zero-order valence-electron chi connectivity index (χ0n) is 24.0. The number of alkyl carbamates (subject to hydrolysis) is 1. The van der Waals surface area contributed by atoms with E-state index in [9.17, 15) is 9.59 Å². The van der Waals surface area contributed by atoms with Crippen molar-refractivity contribution in [1.82, 2.24) is 19.8 Å². The quantitative estimate of drug-likeness (QED) is 0.281. The summed E-state index contributed by atoms with van der Waals surface area (Å²) >= 11 is 3.47. The number of piperidine rings is 1. The van der Waals surface area contributed by atoms with Crippen molar-refractivity contribution in [1.29, 1.82) is 0 Å². The summed E-state index contributed by atoms with van der Waals surface area (Å²) in [5.41, 5.74) is 2.63. The number of methoxy groups -OCH3 is 1. The first-order chi connectivity index (χ1) is 19.1. The molecule has 1 saturated heterocycles. The van der Waals surface area contributed by atoms with Gasteiger partial charge < -0.3 is 24.3 Å². The van der Waals surface area contributed by atoms with Crippen molar-refractivity contribution in [3.05, 3.63) is 64.4 Å². The van der Waals surface area contributed by atoms with E-state index < -0.39 is 11.7 Å². The van der Waals surface area contributed by atoms with Crippen LogP contribution in [-0.2, 0) is 27.2 Å². The maximum atomic E-state index is 13.7. The second-order valence-corrected chi connectivity index (χ2v) is 12.5. The van der Waals surface area contributed by atoms with Crippen LogP contribution in [0.1, 0.15) is 63.6 Å². The molecule has 40 heavy (non-hydrogen) atoms. The molecule has 0 aliphatic carbocycles. The van der Waals surface area contributed by atoms with Crippen molar-refractivity contribution in [3.63, 3.8) is 0 Å². The number of pyridine rings is 1. The number of halogens is 1. The number of aryl methyl sites for hydroxylation is 1. The number of ether oxygens (including phenoxy) is 2. The van der Waals surface area contributed by atoms with Crippen LogP contribution in [0.4, 0.5) is 4.79 Å². The molecule has 9 heteroatoms. The van der Waals surface area contributed by atoms with Crippen LogP contribution in [0.2, 0.25) is 0 Å². The summed E-state index contributed by atoms with van der Waals surface area (Å²) in [6.07, 6.45) is 4.91. The number of amides is 2. The minimum absolute atomic E-state index is 0.0445. The smallest absolute Gasteiger partial charge is 0.407 e. The van der Waals surface area contributed by atoms with Crippen molar-refractivity contribution in [3.8, 4) is 0 Å². The molecule has 2 amide bonds. The van der Waals surface area contributed by atoms with Crippen LogP contribution in [0.15, 0.2) is 53.1 Å². The van der Waals surface area contributed by atoms with E-state index in [1.54, 1.807) is 7.11 Å². The molecule has 2 aromatic heterocycles. The van der Waals surface area contributed by atoms with Crippen LogP contribution in [0.5, 0.6) is 0 Å². The van der Waals surface area contributed by atoms with E-state index in [1.807, 2.05) is 62.2 Å². The zero-order chi connectivity index (χ0) is 28.7. The Morgan fingerprint density at radius 2 is 1.98 bits per heavy atom. The lowest BCUT2D eigenvalue weighted by molar-refractivity contribution is -0.132. The fraction of sp³-hybridized carbons (Fsp3) is 0.516. The average molecular weight is 614 g/mol. The fourth-order valence-electron chi connectivity index (χ4n) is 5.39. The van der Waals surface area contributed by atoms with Gasteiger partial charge in [0.2, 0.25) is 5.91 Å². The van der Waals surface area contributed by atoms with E-state index in [2.05, 4.69) is 42.9 Å². The van der Waals surface area contributed by atoms with Crippen molar-refractivity contribution < 1.29 is 19.1 Å². The molecule has 1 unspecified atom stereocenters. The van der Waals surface area contributed by atoms with Gasteiger partial charge in [0.15, 0.2) is 0 Å². The Morgan fingerprint density at radius 1 is 1.20 bits per heavy atom. The summed E-state index contributed by atoms with van der Waals surface area (Å²) in [5, 5.41) is 4.08. The highest BCUT2D eigenvalue weighted by Gasteiger charge is 2.30. The van der Waals surface area contributed by atoms with Gasteiger partial charge >= 0.3 is 6.09 Å². The molecular formula is C31H41BrN4O4. The van der Waals surface area contributed by atoms with Crippen LogP contribution < -0.4 is 5.32 Å². The van der Waals surface area contributed by atoms with Gasteiger partial charge in [0.1, 0.15) is 11.2 Å². The second kappa shape index (κ2) is 13.6. The van der Waals surface area contributed by atoms with Crippen molar-refractivity contribution in [2.24, 2.45) is 0 Å². The number of hydrogen-bond donors (Lipinski definition) is 1. The lowest BCUT2D eigenvalue weighted by Gasteiger charge is -2.34. The number of likely N-dealkylation sites (tertiary alicyclic amines) is 1. The predicted molar refractivity (Wildman–Crippen MR) is 160 cm³/mol. The Kier molecular flexibility index (Phi) is 10.2. The van der Waals surface area contributed by atoms with Crippen LogP contribution in [-0.4, -0.2) is 64.9 Å². The van der Waals surface area contributed by atoms with Gasteiger partial charge in [-0.1, -0.05) is 28.1 Å². The summed E-state index contributed by atoms with van der Waals surface area (Å²) in [6.45, 7) is 8.37. The van der Waals surface area contributed by atoms with Gasteiger partial charge in [-0.2, -0.15) is 0 Å². The normalized spacial score (nSPS) is 16.6. The molecule has 3 aromatic rings. The molecule has 1 aromatic carbocycles. The van der Waals surface area contributed by atoms with Gasteiger partial charge in [-0.3, -0.25) is 4.79 Å². The van der Waals surface area contributed by atoms with E-state index in [1.165, 1.54) is 5.69 Å². The lowest BCUT2D eigenvalue weighted by Crippen LogP contribution is -2.46. The molecule has 216 valence electrons. The summed E-state index contributed by atoms with van der Waals surface area (Å²) < 4.78 is 14.1. The summed E-state index contributed by atoms with van der Waals surface area (Å²) in [6, 6.07) is 13.9. The van der Waals surface area contributed by atoms with Gasteiger partial charge in [0.25, 0.3) is 0 Å². The first kappa shape index (κ1) is 30.1. The summed E-state index contributed by atoms with van der Waals surface area (Å²) in [4.78, 5) is 32.9. The van der Waals surface area contributed by atoms with Crippen molar-refractivity contribution in [2.75, 3.05) is 26.8 Å². The first-order valence-corrected chi connectivity index (χ1v) is 14.9. The number of carbonyl (C=O) groups excluding carboxylic acids is 2. The SMILES string of the molecule is COCCCn1c(C2CCCN(C(=O)C[C@@H](Cc3ccc(Br)cc3)NC(=O)OC(C)(C)C)C2)cc2cccnc21. The number of nitrogens with zero attached hydrogens (tertiary/aromatic N) is 3. The number of rotatable bonds is 10. The van der Waals surface area contributed by atoms with Gasteiger partial charge in [-0.05, 0) is 82.3 Å². The molecule has 0 spiro atoms. The van der Waals surface area contributed by atoms with Crippen molar-refractivity contribution in [2.45, 2.75) is 77.0 Å². The van der Waals surface area contributed by atoms with Gasteiger partial charge in [-0.15, -0.1) is 0 Å². The highest BCUT2D eigenvalue weighted by molar-refractivity contribution is 9.10. The van der Waals surface area contributed by atoms with Crippen LogP contribution in [0.3, 0.4) is 0 Å². The molecule has 0 bridgehead atoms. The molecule has 1 aliphatic rings. The molecule has 1 N–H and O–H groups in total. The minimum Gasteiger partial charge on any atom is -0.444 e. The third-order valence-electron chi connectivity index (χ3n) is 7.15. The Bertz CT molecular complexity index is 1280. The molecule has 1 fully saturated rings. The van der Waals surface area contributed by atoms with Crippen LogP contribution >= 0.6 is 15.9 Å². The Labute approximate surface area is 245 Å². The second-order valence-electron chi connectivity index (χ2n) is 11.5. The van der Waals surface area contributed by atoms with E-state index in [4.69, 9.17) is 9.47 Å². The third kappa shape index (κ3) is 8.30. The van der Waals surface area contributed by atoms with Crippen LogP contribution in [0, 0.1) is 0 Å².